The van der Waals surface area contributed by atoms with Crippen LogP contribution in [0, 0.1) is 11.8 Å². The molecule has 5 unspecified atom stereocenters. The molecular formula is C15H18O4S. The van der Waals surface area contributed by atoms with Crippen LogP contribution in [-0.4, -0.2) is 31.8 Å². The summed E-state index contributed by atoms with van der Waals surface area (Å²) in [5.74, 6) is -0.260. The lowest BCUT2D eigenvalue weighted by molar-refractivity contribution is 0.0683. The SMILES string of the molecule is CC1C=C(S(=O)(=O)c2ccccc2)C2OC2C(C)C1O. The molecule has 1 aromatic rings. The van der Waals surface area contributed by atoms with Crippen LogP contribution in [0.2, 0.25) is 0 Å². The molecule has 1 aromatic carbocycles. The number of epoxide rings is 1. The molecule has 4 nitrogen and oxygen atoms in total. The largest absolute Gasteiger partial charge is 0.392 e. The minimum Gasteiger partial charge on any atom is -0.392 e. The number of ether oxygens (including phenoxy) is 1. The topological polar surface area (TPSA) is 66.9 Å². The predicted octanol–water partition coefficient (Wildman–Crippen LogP) is 1.76. The minimum absolute atomic E-state index is 0.0604. The van der Waals surface area contributed by atoms with Crippen molar-refractivity contribution in [1.82, 2.24) is 0 Å². The predicted molar refractivity (Wildman–Crippen MR) is 74.7 cm³/mol. The van der Waals surface area contributed by atoms with Gasteiger partial charge in [-0.15, -0.1) is 0 Å². The molecular weight excluding hydrogens is 276 g/mol. The van der Waals surface area contributed by atoms with Gasteiger partial charge in [-0.2, -0.15) is 0 Å². The Kier molecular flexibility index (Phi) is 3.23. The fourth-order valence-corrected chi connectivity index (χ4v) is 4.53. The van der Waals surface area contributed by atoms with Crippen LogP contribution in [0.15, 0.2) is 46.2 Å². The third-order valence-electron chi connectivity index (χ3n) is 4.19. The minimum atomic E-state index is -3.55. The molecule has 1 aliphatic heterocycles. The lowest BCUT2D eigenvalue weighted by Crippen LogP contribution is -2.27. The molecule has 20 heavy (non-hydrogen) atoms. The van der Waals surface area contributed by atoms with E-state index >= 15 is 0 Å². The molecule has 1 aliphatic carbocycles. The van der Waals surface area contributed by atoms with Crippen molar-refractivity contribution in [2.24, 2.45) is 11.8 Å². The molecule has 1 N–H and O–H groups in total. The zero-order valence-corrected chi connectivity index (χ0v) is 12.2. The highest BCUT2D eigenvalue weighted by molar-refractivity contribution is 7.95. The van der Waals surface area contributed by atoms with Gasteiger partial charge in [-0.25, -0.2) is 8.42 Å². The second-order valence-corrected chi connectivity index (χ2v) is 7.57. The van der Waals surface area contributed by atoms with Crippen LogP contribution >= 0.6 is 0 Å². The fraction of sp³-hybridized carbons (Fsp3) is 0.467. The van der Waals surface area contributed by atoms with E-state index in [-0.39, 0.29) is 22.8 Å². The van der Waals surface area contributed by atoms with Crippen molar-refractivity contribution in [3.05, 3.63) is 41.3 Å². The molecule has 1 heterocycles. The first-order chi connectivity index (χ1) is 9.43. The summed E-state index contributed by atoms with van der Waals surface area (Å²) < 4.78 is 30.9. The van der Waals surface area contributed by atoms with E-state index in [1.54, 1.807) is 36.4 Å². The number of fused-ring (bicyclic) bond motifs is 1. The van der Waals surface area contributed by atoms with E-state index < -0.39 is 22.0 Å². The van der Waals surface area contributed by atoms with E-state index in [1.807, 2.05) is 13.8 Å². The van der Waals surface area contributed by atoms with Crippen LogP contribution in [0.3, 0.4) is 0 Å². The maximum atomic E-state index is 12.7. The summed E-state index contributed by atoms with van der Waals surface area (Å²) in [5.41, 5.74) is 0. The Hall–Kier alpha value is -1.17. The maximum Gasteiger partial charge on any atom is 0.205 e. The summed E-state index contributed by atoms with van der Waals surface area (Å²) >= 11 is 0. The smallest absolute Gasteiger partial charge is 0.205 e. The molecule has 0 amide bonds. The van der Waals surface area contributed by atoms with Crippen molar-refractivity contribution in [3.8, 4) is 0 Å². The maximum absolute atomic E-state index is 12.7. The molecule has 0 aromatic heterocycles. The number of aliphatic hydroxyl groups excluding tert-OH is 1. The fourth-order valence-electron chi connectivity index (χ4n) is 2.86. The van der Waals surface area contributed by atoms with Gasteiger partial charge in [0, 0.05) is 11.8 Å². The highest BCUT2D eigenvalue weighted by Crippen LogP contribution is 2.44. The Labute approximate surface area is 119 Å². The summed E-state index contributed by atoms with van der Waals surface area (Å²) in [6.45, 7) is 3.74. The number of hydrogen-bond donors (Lipinski definition) is 1. The van der Waals surface area contributed by atoms with Gasteiger partial charge < -0.3 is 9.84 Å². The van der Waals surface area contributed by atoms with E-state index in [4.69, 9.17) is 4.74 Å². The second-order valence-electron chi connectivity index (χ2n) is 5.62. The van der Waals surface area contributed by atoms with E-state index in [0.29, 0.717) is 4.91 Å². The van der Waals surface area contributed by atoms with Crippen LogP contribution in [0.5, 0.6) is 0 Å². The number of sulfone groups is 1. The molecule has 2 aliphatic rings. The summed E-state index contributed by atoms with van der Waals surface area (Å²) in [5, 5.41) is 10.2. The summed E-state index contributed by atoms with van der Waals surface area (Å²) in [4.78, 5) is 0.571. The molecule has 1 saturated heterocycles. The first-order valence-corrected chi connectivity index (χ1v) is 8.26. The molecule has 0 bridgehead atoms. The Morgan fingerprint density at radius 3 is 2.45 bits per heavy atom. The molecule has 5 atom stereocenters. The van der Waals surface area contributed by atoms with E-state index in [9.17, 15) is 13.5 Å². The summed E-state index contributed by atoms with van der Waals surface area (Å²) in [6.07, 6.45) is 0.476. The summed E-state index contributed by atoms with van der Waals surface area (Å²) in [7, 11) is -3.55. The van der Waals surface area contributed by atoms with Crippen molar-refractivity contribution in [3.63, 3.8) is 0 Å². The van der Waals surface area contributed by atoms with Gasteiger partial charge in [-0.3, -0.25) is 0 Å². The first kappa shape index (κ1) is 13.8. The van der Waals surface area contributed by atoms with Gasteiger partial charge in [0.15, 0.2) is 0 Å². The van der Waals surface area contributed by atoms with E-state index in [0.717, 1.165) is 0 Å². The third-order valence-corrected chi connectivity index (χ3v) is 6.07. The van der Waals surface area contributed by atoms with E-state index in [1.165, 1.54) is 0 Å². The number of rotatable bonds is 2. The van der Waals surface area contributed by atoms with Gasteiger partial charge in [0.25, 0.3) is 0 Å². The van der Waals surface area contributed by atoms with Gasteiger partial charge in [-0.1, -0.05) is 38.1 Å². The van der Waals surface area contributed by atoms with Crippen molar-refractivity contribution < 1.29 is 18.3 Å². The Morgan fingerprint density at radius 1 is 1.15 bits per heavy atom. The van der Waals surface area contributed by atoms with Crippen molar-refractivity contribution in [1.29, 1.82) is 0 Å². The quantitative estimate of drug-likeness (QED) is 0.844. The van der Waals surface area contributed by atoms with Gasteiger partial charge in [0.2, 0.25) is 9.84 Å². The lowest BCUT2D eigenvalue weighted by Gasteiger charge is -2.20. The Balaban J connectivity index is 2.04. The Bertz CT molecular complexity index is 635. The standard InChI is InChI=1S/C15H18O4S/c1-9-8-12(15-14(19-15)10(2)13(9)16)20(17,18)11-6-4-3-5-7-11/h3-10,13-16H,1-2H3. The molecule has 1 fully saturated rings. The van der Waals surface area contributed by atoms with Crippen LogP contribution in [-0.2, 0) is 14.6 Å². The zero-order chi connectivity index (χ0) is 14.5. The van der Waals surface area contributed by atoms with Crippen LogP contribution in [0.1, 0.15) is 13.8 Å². The summed E-state index contributed by atoms with van der Waals surface area (Å²) in [6, 6.07) is 8.36. The highest BCUT2D eigenvalue weighted by atomic mass is 32.2. The molecule has 108 valence electrons. The average molecular weight is 294 g/mol. The average Bonchev–Trinajstić information content (AvgIpc) is 3.23. The Morgan fingerprint density at radius 2 is 1.80 bits per heavy atom. The van der Waals surface area contributed by atoms with Gasteiger partial charge >= 0.3 is 0 Å². The van der Waals surface area contributed by atoms with Crippen molar-refractivity contribution in [2.45, 2.75) is 37.1 Å². The van der Waals surface area contributed by atoms with Crippen LogP contribution in [0.4, 0.5) is 0 Å². The molecule has 0 spiro atoms. The number of aliphatic hydroxyl groups is 1. The molecule has 3 rings (SSSR count). The molecule has 0 radical (unpaired) electrons. The molecule has 5 heteroatoms. The third kappa shape index (κ3) is 2.10. The molecule has 0 saturated carbocycles. The van der Waals surface area contributed by atoms with Crippen LogP contribution < -0.4 is 0 Å². The van der Waals surface area contributed by atoms with E-state index in [2.05, 4.69) is 0 Å². The van der Waals surface area contributed by atoms with Crippen molar-refractivity contribution in [2.75, 3.05) is 0 Å². The number of benzene rings is 1. The lowest BCUT2D eigenvalue weighted by atomic mass is 9.93. The number of hydrogen-bond acceptors (Lipinski definition) is 4. The second kappa shape index (κ2) is 4.69. The first-order valence-electron chi connectivity index (χ1n) is 6.78. The monoisotopic (exact) mass is 294 g/mol. The van der Waals surface area contributed by atoms with Gasteiger partial charge in [0.05, 0.1) is 22.0 Å². The van der Waals surface area contributed by atoms with Gasteiger partial charge in [0.1, 0.15) is 6.10 Å². The zero-order valence-electron chi connectivity index (χ0n) is 11.4. The van der Waals surface area contributed by atoms with Gasteiger partial charge in [-0.05, 0) is 12.1 Å². The highest BCUT2D eigenvalue weighted by Gasteiger charge is 2.53. The van der Waals surface area contributed by atoms with Crippen LogP contribution in [0.25, 0.3) is 0 Å². The van der Waals surface area contributed by atoms with Crippen molar-refractivity contribution >= 4 is 9.84 Å². The normalized spacial score (nSPS) is 36.8.